The molecule has 3 rings (SSSR count). The molecule has 0 amide bonds. The van der Waals surface area contributed by atoms with Crippen molar-refractivity contribution in [2.45, 2.75) is 39.3 Å². The highest BCUT2D eigenvalue weighted by atomic mass is 79.9. The summed E-state index contributed by atoms with van der Waals surface area (Å²) in [7, 11) is 0. The molecule has 0 N–H and O–H groups in total. The molecule has 1 aliphatic rings. The number of hydrogen-bond acceptors (Lipinski definition) is 4. The topological polar surface area (TPSA) is 65.6 Å². The van der Waals surface area contributed by atoms with Crippen LogP contribution in [0.25, 0.3) is 0 Å². The van der Waals surface area contributed by atoms with Crippen molar-refractivity contribution in [3.8, 4) is 0 Å². The molecule has 2 aromatic heterocycles. The lowest BCUT2D eigenvalue weighted by Crippen LogP contribution is -2.26. The monoisotopic (exact) mass is 323 g/mol. The Bertz CT molecular complexity index is 675. The van der Waals surface area contributed by atoms with Crippen LogP contribution in [0.2, 0.25) is 0 Å². The van der Waals surface area contributed by atoms with Crippen molar-refractivity contribution < 1.29 is 0 Å². The van der Waals surface area contributed by atoms with Crippen LogP contribution in [0, 0.1) is 6.92 Å². The van der Waals surface area contributed by atoms with Gasteiger partial charge in [0.1, 0.15) is 16.1 Å². The van der Waals surface area contributed by atoms with Crippen LogP contribution in [-0.4, -0.2) is 24.3 Å². The van der Waals surface area contributed by atoms with Gasteiger partial charge in [0.25, 0.3) is 5.56 Å². The number of hydrogen-bond donors (Lipinski definition) is 0. The molecule has 0 unspecified atom stereocenters. The Morgan fingerprint density at radius 2 is 2.21 bits per heavy atom. The molecule has 0 aliphatic carbocycles. The van der Waals surface area contributed by atoms with Crippen molar-refractivity contribution in [2.75, 3.05) is 0 Å². The maximum Gasteiger partial charge on any atom is 0.268 e. The molecule has 1 aliphatic heterocycles. The molecule has 6 nitrogen and oxygen atoms in total. The third-order valence-corrected chi connectivity index (χ3v) is 3.98. The number of aromatic nitrogens is 5. The van der Waals surface area contributed by atoms with E-state index in [1.807, 2.05) is 6.92 Å². The molecule has 0 spiro atoms. The summed E-state index contributed by atoms with van der Waals surface area (Å²) < 4.78 is 4.21. The Morgan fingerprint density at radius 1 is 1.37 bits per heavy atom. The number of fused-ring (bicyclic) bond motifs is 1. The SMILES string of the molecule is Cc1ncc(Br)c(=O)n1Cc1nnc2n1CCCC2. The molecular weight excluding hydrogens is 310 g/mol. The van der Waals surface area contributed by atoms with E-state index < -0.39 is 0 Å². The smallest absolute Gasteiger partial charge is 0.268 e. The third-order valence-electron chi connectivity index (χ3n) is 3.44. The first-order chi connectivity index (χ1) is 9.16. The van der Waals surface area contributed by atoms with Crippen LogP contribution < -0.4 is 5.56 Å². The Morgan fingerprint density at radius 3 is 3.05 bits per heavy atom. The molecule has 19 heavy (non-hydrogen) atoms. The van der Waals surface area contributed by atoms with Crippen molar-refractivity contribution in [1.82, 2.24) is 24.3 Å². The summed E-state index contributed by atoms with van der Waals surface area (Å²) in [6.45, 7) is 3.18. The summed E-state index contributed by atoms with van der Waals surface area (Å²) in [4.78, 5) is 16.3. The first kappa shape index (κ1) is 12.5. The fraction of sp³-hybridized carbons (Fsp3) is 0.500. The van der Waals surface area contributed by atoms with Crippen LogP contribution >= 0.6 is 15.9 Å². The highest BCUT2D eigenvalue weighted by Crippen LogP contribution is 2.15. The average Bonchev–Trinajstić information content (AvgIpc) is 2.83. The van der Waals surface area contributed by atoms with E-state index in [4.69, 9.17) is 0 Å². The summed E-state index contributed by atoms with van der Waals surface area (Å²) in [5.41, 5.74) is -0.0827. The van der Waals surface area contributed by atoms with E-state index >= 15 is 0 Å². The molecular formula is C12H14BrN5O. The Hall–Kier alpha value is -1.50. The fourth-order valence-corrected chi connectivity index (χ4v) is 2.68. The van der Waals surface area contributed by atoms with Gasteiger partial charge in [0.15, 0.2) is 5.82 Å². The second-order valence-electron chi connectivity index (χ2n) is 4.69. The lowest BCUT2D eigenvalue weighted by atomic mass is 10.2. The highest BCUT2D eigenvalue weighted by molar-refractivity contribution is 9.10. The molecule has 0 saturated heterocycles. The van der Waals surface area contributed by atoms with Gasteiger partial charge in [0, 0.05) is 19.2 Å². The molecule has 3 heterocycles. The largest absolute Gasteiger partial charge is 0.313 e. The predicted molar refractivity (Wildman–Crippen MR) is 73.0 cm³/mol. The first-order valence-corrected chi connectivity index (χ1v) is 7.09. The molecule has 7 heteroatoms. The van der Waals surface area contributed by atoms with E-state index in [2.05, 4.69) is 35.7 Å². The molecule has 0 radical (unpaired) electrons. The lowest BCUT2D eigenvalue weighted by molar-refractivity contribution is 0.497. The zero-order valence-electron chi connectivity index (χ0n) is 10.6. The van der Waals surface area contributed by atoms with E-state index in [0.29, 0.717) is 16.8 Å². The third kappa shape index (κ3) is 2.22. The fourth-order valence-electron chi connectivity index (χ4n) is 2.36. The number of rotatable bonds is 2. The van der Waals surface area contributed by atoms with Crippen molar-refractivity contribution in [1.29, 1.82) is 0 Å². The van der Waals surface area contributed by atoms with E-state index in [9.17, 15) is 4.79 Å². The van der Waals surface area contributed by atoms with Crippen LogP contribution in [0.3, 0.4) is 0 Å². The van der Waals surface area contributed by atoms with Gasteiger partial charge in [-0.15, -0.1) is 10.2 Å². The van der Waals surface area contributed by atoms with Crippen LogP contribution in [-0.2, 0) is 19.5 Å². The van der Waals surface area contributed by atoms with E-state index in [1.165, 1.54) is 6.20 Å². The van der Waals surface area contributed by atoms with E-state index in [1.54, 1.807) is 4.57 Å². The maximum absolute atomic E-state index is 12.1. The molecule has 0 aromatic carbocycles. The highest BCUT2D eigenvalue weighted by Gasteiger charge is 2.17. The normalized spacial score (nSPS) is 14.4. The van der Waals surface area contributed by atoms with Crippen LogP contribution in [0.1, 0.15) is 30.3 Å². The first-order valence-electron chi connectivity index (χ1n) is 6.29. The van der Waals surface area contributed by atoms with Gasteiger partial charge in [-0.25, -0.2) is 4.98 Å². The summed E-state index contributed by atoms with van der Waals surface area (Å²) in [6.07, 6.45) is 4.81. The Kier molecular flexibility index (Phi) is 3.22. The molecule has 0 saturated carbocycles. The van der Waals surface area contributed by atoms with Gasteiger partial charge in [-0.2, -0.15) is 0 Å². The minimum atomic E-state index is -0.0827. The Balaban J connectivity index is 2.00. The standard InChI is InChI=1S/C12H14BrN5O/c1-8-14-6-9(13)12(19)18(8)7-11-16-15-10-4-2-3-5-17(10)11/h6H,2-5,7H2,1H3. The summed E-state index contributed by atoms with van der Waals surface area (Å²) in [5, 5.41) is 8.42. The van der Waals surface area contributed by atoms with Crippen molar-refractivity contribution in [3.63, 3.8) is 0 Å². The van der Waals surface area contributed by atoms with E-state index in [0.717, 1.165) is 37.5 Å². The minimum Gasteiger partial charge on any atom is -0.313 e. The van der Waals surface area contributed by atoms with Gasteiger partial charge in [0.2, 0.25) is 0 Å². The van der Waals surface area contributed by atoms with Gasteiger partial charge in [-0.1, -0.05) is 0 Å². The number of aryl methyl sites for hydroxylation is 2. The minimum absolute atomic E-state index is 0.0827. The van der Waals surface area contributed by atoms with Crippen molar-refractivity contribution in [3.05, 3.63) is 38.5 Å². The zero-order chi connectivity index (χ0) is 13.4. The molecule has 2 aromatic rings. The molecule has 0 atom stereocenters. The Labute approximate surface area is 118 Å². The van der Waals surface area contributed by atoms with Gasteiger partial charge in [0.05, 0.1) is 6.54 Å². The zero-order valence-corrected chi connectivity index (χ0v) is 12.2. The van der Waals surface area contributed by atoms with E-state index in [-0.39, 0.29) is 5.56 Å². The second-order valence-corrected chi connectivity index (χ2v) is 5.54. The molecule has 0 fully saturated rings. The van der Waals surface area contributed by atoms with Crippen LogP contribution in [0.4, 0.5) is 0 Å². The summed E-state index contributed by atoms with van der Waals surface area (Å²) in [6, 6.07) is 0. The number of halogens is 1. The molecule has 100 valence electrons. The molecule has 0 bridgehead atoms. The van der Waals surface area contributed by atoms with Gasteiger partial charge < -0.3 is 4.57 Å². The summed E-state index contributed by atoms with van der Waals surface area (Å²) in [5.74, 6) is 2.54. The quantitative estimate of drug-likeness (QED) is 0.835. The van der Waals surface area contributed by atoms with Gasteiger partial charge in [-0.05, 0) is 35.7 Å². The maximum atomic E-state index is 12.1. The summed E-state index contributed by atoms with van der Waals surface area (Å²) >= 11 is 3.22. The van der Waals surface area contributed by atoms with Crippen LogP contribution in [0.15, 0.2) is 15.5 Å². The number of nitrogens with zero attached hydrogens (tertiary/aromatic N) is 5. The van der Waals surface area contributed by atoms with Crippen molar-refractivity contribution >= 4 is 15.9 Å². The average molecular weight is 324 g/mol. The van der Waals surface area contributed by atoms with Gasteiger partial charge in [-0.3, -0.25) is 9.36 Å². The second kappa shape index (κ2) is 4.88. The predicted octanol–water partition coefficient (Wildman–Crippen LogP) is 1.29. The lowest BCUT2D eigenvalue weighted by Gasteiger charge is -2.15. The van der Waals surface area contributed by atoms with Crippen molar-refractivity contribution in [2.24, 2.45) is 0 Å². The van der Waals surface area contributed by atoms with Gasteiger partial charge >= 0.3 is 0 Å². The van der Waals surface area contributed by atoms with Crippen LogP contribution in [0.5, 0.6) is 0 Å².